The molecular weight excluding hydrogens is 230 g/mol. The predicted octanol–water partition coefficient (Wildman–Crippen LogP) is 1.03. The van der Waals surface area contributed by atoms with Gasteiger partial charge in [-0.05, 0) is 19.8 Å². The van der Waals surface area contributed by atoms with E-state index in [-0.39, 0.29) is 6.10 Å². The number of nitrogens with zero attached hydrogens (tertiary/aromatic N) is 2. The van der Waals surface area contributed by atoms with Crippen molar-refractivity contribution in [1.29, 1.82) is 0 Å². The number of nitrogens with one attached hydrogen (secondary N) is 2. The number of hydrogen-bond acceptors (Lipinski definition) is 6. The fourth-order valence-corrected chi connectivity index (χ4v) is 2.43. The molecule has 0 bridgehead atoms. The number of nitrogen functional groups attached to an aromatic ring is 1. The van der Waals surface area contributed by atoms with Gasteiger partial charge in [-0.3, -0.25) is 0 Å². The molecule has 2 unspecified atom stereocenters. The normalized spacial score (nSPS) is 23.7. The largest absolute Gasteiger partial charge is 0.393 e. The molecule has 1 heterocycles. The van der Waals surface area contributed by atoms with E-state index in [0.29, 0.717) is 11.7 Å². The Bertz CT molecular complexity index is 398. The van der Waals surface area contributed by atoms with Crippen LogP contribution in [0.1, 0.15) is 31.2 Å². The molecule has 2 rings (SSSR count). The standard InChI is InChI=1S/C12H21N5O/c1-8-11(15-7-16-12(8)17-13)14-6-9-4-2-3-5-10(9)18/h7,9-10,18H,2-6,13H2,1H3,(H2,14,15,16,17). The third-order valence-electron chi connectivity index (χ3n) is 3.62. The van der Waals surface area contributed by atoms with Gasteiger partial charge in [0.25, 0.3) is 0 Å². The quantitative estimate of drug-likeness (QED) is 0.471. The van der Waals surface area contributed by atoms with Crippen LogP contribution in [0.4, 0.5) is 11.6 Å². The zero-order valence-electron chi connectivity index (χ0n) is 10.7. The lowest BCUT2D eigenvalue weighted by molar-refractivity contribution is 0.0763. The van der Waals surface area contributed by atoms with Gasteiger partial charge in [-0.15, -0.1) is 0 Å². The van der Waals surface area contributed by atoms with Gasteiger partial charge in [0.1, 0.15) is 18.0 Å². The summed E-state index contributed by atoms with van der Waals surface area (Å²) in [4.78, 5) is 8.23. The number of hydrazine groups is 1. The first-order chi connectivity index (χ1) is 8.72. The van der Waals surface area contributed by atoms with Crippen molar-refractivity contribution in [2.75, 3.05) is 17.3 Å². The maximum absolute atomic E-state index is 9.91. The fraction of sp³-hybridized carbons (Fsp3) is 0.667. The summed E-state index contributed by atoms with van der Waals surface area (Å²) in [6.07, 6.45) is 5.58. The molecule has 1 saturated carbocycles. The summed E-state index contributed by atoms with van der Waals surface area (Å²) in [7, 11) is 0. The topological polar surface area (TPSA) is 96.1 Å². The molecule has 1 aromatic rings. The van der Waals surface area contributed by atoms with Gasteiger partial charge < -0.3 is 15.8 Å². The molecule has 1 aromatic heterocycles. The van der Waals surface area contributed by atoms with Crippen LogP contribution in [0.25, 0.3) is 0 Å². The number of aromatic nitrogens is 2. The molecule has 100 valence electrons. The fourth-order valence-electron chi connectivity index (χ4n) is 2.43. The second kappa shape index (κ2) is 5.97. The second-order valence-electron chi connectivity index (χ2n) is 4.83. The smallest absolute Gasteiger partial charge is 0.148 e. The Labute approximate surface area is 107 Å². The van der Waals surface area contributed by atoms with Crippen molar-refractivity contribution in [2.24, 2.45) is 11.8 Å². The maximum atomic E-state index is 9.91. The minimum atomic E-state index is -0.194. The summed E-state index contributed by atoms with van der Waals surface area (Å²) in [6.45, 7) is 2.65. The third-order valence-corrected chi connectivity index (χ3v) is 3.62. The Morgan fingerprint density at radius 3 is 2.78 bits per heavy atom. The lowest BCUT2D eigenvalue weighted by Gasteiger charge is -2.28. The Hall–Kier alpha value is -1.40. The van der Waals surface area contributed by atoms with E-state index >= 15 is 0 Å². The van der Waals surface area contributed by atoms with Crippen LogP contribution in [-0.4, -0.2) is 27.7 Å². The average molecular weight is 251 g/mol. The number of hydrogen-bond donors (Lipinski definition) is 4. The number of aliphatic hydroxyl groups excluding tert-OH is 1. The number of anilines is 2. The Kier molecular flexibility index (Phi) is 4.33. The van der Waals surface area contributed by atoms with Crippen molar-refractivity contribution in [3.8, 4) is 0 Å². The zero-order chi connectivity index (χ0) is 13.0. The lowest BCUT2D eigenvalue weighted by atomic mass is 9.86. The first-order valence-electron chi connectivity index (χ1n) is 6.42. The van der Waals surface area contributed by atoms with Gasteiger partial charge in [-0.25, -0.2) is 15.8 Å². The first kappa shape index (κ1) is 13.0. The van der Waals surface area contributed by atoms with Crippen LogP contribution in [-0.2, 0) is 0 Å². The van der Waals surface area contributed by atoms with Crippen LogP contribution < -0.4 is 16.6 Å². The van der Waals surface area contributed by atoms with Gasteiger partial charge in [-0.2, -0.15) is 0 Å². The molecule has 0 spiro atoms. The third kappa shape index (κ3) is 2.88. The van der Waals surface area contributed by atoms with Gasteiger partial charge in [0.15, 0.2) is 0 Å². The van der Waals surface area contributed by atoms with E-state index in [9.17, 15) is 5.11 Å². The molecule has 6 nitrogen and oxygen atoms in total. The molecule has 5 N–H and O–H groups in total. The first-order valence-corrected chi connectivity index (χ1v) is 6.42. The summed E-state index contributed by atoms with van der Waals surface area (Å²) in [5, 5.41) is 13.2. The number of nitrogens with two attached hydrogens (primary N) is 1. The highest BCUT2D eigenvalue weighted by Gasteiger charge is 2.23. The van der Waals surface area contributed by atoms with Gasteiger partial charge in [0.05, 0.1) is 6.10 Å². The van der Waals surface area contributed by atoms with Crippen molar-refractivity contribution in [3.63, 3.8) is 0 Å². The second-order valence-corrected chi connectivity index (χ2v) is 4.83. The van der Waals surface area contributed by atoms with E-state index in [1.54, 1.807) is 0 Å². The van der Waals surface area contributed by atoms with Gasteiger partial charge >= 0.3 is 0 Å². The van der Waals surface area contributed by atoms with Crippen LogP contribution in [0.5, 0.6) is 0 Å². The molecule has 2 atom stereocenters. The van der Waals surface area contributed by atoms with Crippen LogP contribution in [0.2, 0.25) is 0 Å². The molecular formula is C12H21N5O. The molecule has 1 aliphatic rings. The van der Waals surface area contributed by atoms with Gasteiger partial charge in [0, 0.05) is 18.0 Å². The minimum Gasteiger partial charge on any atom is -0.393 e. The van der Waals surface area contributed by atoms with Crippen LogP contribution in [0.15, 0.2) is 6.33 Å². The SMILES string of the molecule is Cc1c(NN)ncnc1NCC1CCCCC1O. The molecule has 18 heavy (non-hydrogen) atoms. The van der Waals surface area contributed by atoms with Gasteiger partial charge in [0.2, 0.25) is 0 Å². The highest BCUT2D eigenvalue weighted by atomic mass is 16.3. The summed E-state index contributed by atoms with van der Waals surface area (Å²) >= 11 is 0. The summed E-state index contributed by atoms with van der Waals surface area (Å²) < 4.78 is 0. The average Bonchev–Trinajstić information content (AvgIpc) is 2.39. The molecule has 0 aromatic carbocycles. The predicted molar refractivity (Wildman–Crippen MR) is 71.0 cm³/mol. The molecule has 1 aliphatic carbocycles. The Balaban J connectivity index is 1.97. The van der Waals surface area contributed by atoms with Crippen molar-refractivity contribution >= 4 is 11.6 Å². The highest BCUT2D eigenvalue weighted by molar-refractivity contribution is 5.55. The van der Waals surface area contributed by atoms with Crippen LogP contribution >= 0.6 is 0 Å². The van der Waals surface area contributed by atoms with Gasteiger partial charge in [-0.1, -0.05) is 12.8 Å². The molecule has 0 aliphatic heterocycles. The summed E-state index contributed by atoms with van der Waals surface area (Å²) in [5.74, 6) is 7.08. The molecule has 0 amide bonds. The van der Waals surface area contributed by atoms with E-state index < -0.39 is 0 Å². The van der Waals surface area contributed by atoms with Crippen molar-refractivity contribution < 1.29 is 5.11 Å². The number of aliphatic hydroxyl groups is 1. The van der Waals surface area contributed by atoms with Crippen molar-refractivity contribution in [1.82, 2.24) is 9.97 Å². The maximum Gasteiger partial charge on any atom is 0.148 e. The van der Waals surface area contributed by atoms with Crippen molar-refractivity contribution in [3.05, 3.63) is 11.9 Å². The summed E-state index contributed by atoms with van der Waals surface area (Å²) in [6, 6.07) is 0. The number of rotatable bonds is 4. The highest BCUT2D eigenvalue weighted by Crippen LogP contribution is 2.25. The zero-order valence-corrected chi connectivity index (χ0v) is 10.7. The summed E-state index contributed by atoms with van der Waals surface area (Å²) in [5.41, 5.74) is 3.44. The van der Waals surface area contributed by atoms with E-state index in [1.165, 1.54) is 12.7 Å². The van der Waals surface area contributed by atoms with Crippen molar-refractivity contribution in [2.45, 2.75) is 38.7 Å². The van der Waals surface area contributed by atoms with E-state index in [2.05, 4.69) is 20.7 Å². The monoisotopic (exact) mass is 251 g/mol. The Morgan fingerprint density at radius 2 is 2.06 bits per heavy atom. The molecule has 0 saturated heterocycles. The minimum absolute atomic E-state index is 0.194. The Morgan fingerprint density at radius 1 is 1.33 bits per heavy atom. The lowest BCUT2D eigenvalue weighted by Crippen LogP contribution is -2.30. The van der Waals surface area contributed by atoms with Crippen LogP contribution in [0, 0.1) is 12.8 Å². The van der Waals surface area contributed by atoms with Crippen LogP contribution in [0.3, 0.4) is 0 Å². The molecule has 0 radical (unpaired) electrons. The van der Waals surface area contributed by atoms with E-state index in [0.717, 1.165) is 37.2 Å². The van der Waals surface area contributed by atoms with E-state index in [1.807, 2.05) is 6.92 Å². The molecule has 6 heteroatoms. The molecule has 1 fully saturated rings. The van der Waals surface area contributed by atoms with E-state index in [4.69, 9.17) is 5.84 Å².